The van der Waals surface area contributed by atoms with Crippen molar-refractivity contribution in [3.8, 4) is 11.4 Å². The number of rotatable bonds is 4. The maximum atomic E-state index is 5.44. The highest BCUT2D eigenvalue weighted by molar-refractivity contribution is 5.54. The van der Waals surface area contributed by atoms with Crippen LogP contribution in [0.1, 0.15) is 11.5 Å². The number of nitrogens with zero attached hydrogens (tertiary/aromatic N) is 2. The number of aryl methyl sites for hydroxylation is 1. The molecule has 0 radical (unpaired) electrons. The number of benzene rings is 1. The summed E-state index contributed by atoms with van der Waals surface area (Å²) in [6, 6.07) is 13.9. The molecule has 0 saturated heterocycles. The van der Waals surface area contributed by atoms with E-state index in [4.69, 9.17) is 8.94 Å². The van der Waals surface area contributed by atoms with Gasteiger partial charge in [0.2, 0.25) is 5.82 Å². The predicted octanol–water partition coefficient (Wildman–Crippen LogP) is 3.25. The van der Waals surface area contributed by atoms with Crippen molar-refractivity contribution in [3.63, 3.8) is 0 Å². The molecule has 5 heteroatoms. The summed E-state index contributed by atoms with van der Waals surface area (Å²) in [5.41, 5.74) is 0.924. The highest BCUT2D eigenvalue weighted by atomic mass is 16.5. The van der Waals surface area contributed by atoms with Gasteiger partial charge in [0.05, 0.1) is 6.54 Å². The van der Waals surface area contributed by atoms with E-state index in [0.29, 0.717) is 18.4 Å². The normalized spacial score (nSPS) is 10.6. The third-order valence-corrected chi connectivity index (χ3v) is 2.67. The second-order valence-corrected chi connectivity index (χ2v) is 4.16. The van der Waals surface area contributed by atoms with E-state index in [9.17, 15) is 0 Å². The Balaban J connectivity index is 1.68. The first-order valence-electron chi connectivity index (χ1n) is 5.99. The SMILES string of the molecule is Cc1ccc(CNc2nc(-c3ccccc3)no2)o1. The Labute approximate surface area is 110 Å². The molecule has 0 unspecified atom stereocenters. The molecule has 0 aliphatic carbocycles. The fourth-order valence-corrected chi connectivity index (χ4v) is 1.74. The second-order valence-electron chi connectivity index (χ2n) is 4.16. The minimum Gasteiger partial charge on any atom is -0.465 e. The lowest BCUT2D eigenvalue weighted by molar-refractivity contribution is 0.427. The van der Waals surface area contributed by atoms with Gasteiger partial charge in [0.15, 0.2) is 0 Å². The van der Waals surface area contributed by atoms with Crippen LogP contribution in [0.25, 0.3) is 11.4 Å². The molecule has 0 atom stereocenters. The average molecular weight is 255 g/mol. The minimum atomic E-state index is 0.382. The third-order valence-electron chi connectivity index (χ3n) is 2.67. The van der Waals surface area contributed by atoms with Crippen LogP contribution in [0.3, 0.4) is 0 Å². The average Bonchev–Trinajstić information content (AvgIpc) is 3.06. The van der Waals surface area contributed by atoms with Crippen LogP contribution in [0.2, 0.25) is 0 Å². The molecular formula is C14H13N3O2. The van der Waals surface area contributed by atoms with E-state index in [1.54, 1.807) is 0 Å². The van der Waals surface area contributed by atoms with E-state index in [1.807, 2.05) is 49.4 Å². The lowest BCUT2D eigenvalue weighted by Crippen LogP contribution is -1.98. The van der Waals surface area contributed by atoms with Gasteiger partial charge in [-0.25, -0.2) is 0 Å². The van der Waals surface area contributed by atoms with Crippen LogP contribution in [0, 0.1) is 6.92 Å². The van der Waals surface area contributed by atoms with Gasteiger partial charge in [-0.2, -0.15) is 4.98 Å². The number of nitrogens with one attached hydrogen (secondary N) is 1. The van der Waals surface area contributed by atoms with Gasteiger partial charge in [-0.3, -0.25) is 0 Å². The first kappa shape index (κ1) is 11.5. The van der Waals surface area contributed by atoms with Crippen LogP contribution >= 0.6 is 0 Å². The van der Waals surface area contributed by atoms with Crippen molar-refractivity contribution in [2.45, 2.75) is 13.5 Å². The van der Waals surface area contributed by atoms with Crippen LogP contribution in [0.5, 0.6) is 0 Å². The summed E-state index contributed by atoms with van der Waals surface area (Å²) in [7, 11) is 0. The summed E-state index contributed by atoms with van der Waals surface area (Å²) in [6.07, 6.45) is 0. The molecular weight excluding hydrogens is 242 g/mol. The largest absolute Gasteiger partial charge is 0.465 e. The molecule has 0 aliphatic heterocycles. The zero-order valence-corrected chi connectivity index (χ0v) is 10.5. The summed E-state index contributed by atoms with van der Waals surface area (Å²) in [4.78, 5) is 4.27. The smallest absolute Gasteiger partial charge is 0.322 e. The van der Waals surface area contributed by atoms with Crippen molar-refractivity contribution in [2.75, 3.05) is 5.32 Å². The summed E-state index contributed by atoms with van der Waals surface area (Å²) >= 11 is 0. The monoisotopic (exact) mass is 255 g/mol. The van der Waals surface area contributed by atoms with Crippen molar-refractivity contribution < 1.29 is 8.94 Å². The molecule has 3 rings (SSSR count). The van der Waals surface area contributed by atoms with Gasteiger partial charge < -0.3 is 14.3 Å². The predicted molar refractivity (Wildman–Crippen MR) is 70.5 cm³/mol. The Morgan fingerprint density at radius 2 is 1.95 bits per heavy atom. The molecule has 0 amide bonds. The van der Waals surface area contributed by atoms with E-state index in [1.165, 1.54) is 0 Å². The number of anilines is 1. The molecule has 19 heavy (non-hydrogen) atoms. The van der Waals surface area contributed by atoms with Gasteiger partial charge in [0.25, 0.3) is 0 Å². The van der Waals surface area contributed by atoms with Crippen LogP contribution in [-0.2, 0) is 6.54 Å². The molecule has 5 nitrogen and oxygen atoms in total. The molecule has 1 N–H and O–H groups in total. The van der Waals surface area contributed by atoms with Crippen molar-refractivity contribution in [2.24, 2.45) is 0 Å². The standard InChI is InChI=1S/C14H13N3O2/c1-10-7-8-12(18-10)9-15-14-16-13(17-19-14)11-5-3-2-4-6-11/h2-8H,9H2,1H3,(H,15,16,17). The number of aromatic nitrogens is 2. The van der Waals surface area contributed by atoms with Gasteiger partial charge in [-0.1, -0.05) is 35.5 Å². The zero-order chi connectivity index (χ0) is 13.1. The molecule has 0 bridgehead atoms. The molecule has 96 valence electrons. The Morgan fingerprint density at radius 1 is 1.11 bits per heavy atom. The number of hydrogen-bond acceptors (Lipinski definition) is 5. The van der Waals surface area contributed by atoms with E-state index >= 15 is 0 Å². The second kappa shape index (κ2) is 4.97. The van der Waals surface area contributed by atoms with Gasteiger partial charge in [0, 0.05) is 5.56 Å². The highest BCUT2D eigenvalue weighted by Gasteiger charge is 2.08. The van der Waals surface area contributed by atoms with Gasteiger partial charge in [-0.05, 0) is 19.1 Å². The zero-order valence-electron chi connectivity index (χ0n) is 10.5. The Hall–Kier alpha value is -2.56. The number of furan rings is 1. The summed E-state index contributed by atoms with van der Waals surface area (Å²) in [5, 5.41) is 6.96. The van der Waals surface area contributed by atoms with Crippen LogP contribution in [-0.4, -0.2) is 10.1 Å². The molecule has 2 heterocycles. The highest BCUT2D eigenvalue weighted by Crippen LogP contribution is 2.17. The molecule has 0 saturated carbocycles. The van der Waals surface area contributed by atoms with E-state index in [2.05, 4.69) is 15.5 Å². The van der Waals surface area contributed by atoms with E-state index in [-0.39, 0.29) is 0 Å². The van der Waals surface area contributed by atoms with E-state index in [0.717, 1.165) is 17.1 Å². The maximum Gasteiger partial charge on any atom is 0.322 e. The first-order valence-corrected chi connectivity index (χ1v) is 5.99. The van der Waals surface area contributed by atoms with Gasteiger partial charge in [0.1, 0.15) is 11.5 Å². The molecule has 0 fully saturated rings. The molecule has 3 aromatic rings. The number of hydrogen-bond donors (Lipinski definition) is 1. The minimum absolute atomic E-state index is 0.382. The molecule has 2 aromatic heterocycles. The lowest BCUT2D eigenvalue weighted by Gasteiger charge is -1.96. The van der Waals surface area contributed by atoms with Crippen LogP contribution < -0.4 is 5.32 Å². The summed E-state index contributed by atoms with van der Waals surface area (Å²) < 4.78 is 10.6. The third kappa shape index (κ3) is 2.65. The van der Waals surface area contributed by atoms with Crippen molar-refractivity contribution in [3.05, 3.63) is 54.0 Å². The van der Waals surface area contributed by atoms with Crippen LogP contribution in [0.4, 0.5) is 6.01 Å². The van der Waals surface area contributed by atoms with E-state index < -0.39 is 0 Å². The molecule has 0 spiro atoms. The first-order chi connectivity index (χ1) is 9.31. The van der Waals surface area contributed by atoms with Gasteiger partial charge in [-0.15, -0.1) is 0 Å². The summed E-state index contributed by atoms with van der Waals surface area (Å²) in [6.45, 7) is 2.42. The molecule has 0 aliphatic rings. The Morgan fingerprint density at radius 3 is 2.68 bits per heavy atom. The maximum absolute atomic E-state index is 5.44. The Bertz CT molecular complexity index is 658. The lowest BCUT2D eigenvalue weighted by atomic mass is 10.2. The quantitative estimate of drug-likeness (QED) is 0.775. The fourth-order valence-electron chi connectivity index (χ4n) is 1.74. The van der Waals surface area contributed by atoms with Crippen LogP contribution in [0.15, 0.2) is 51.4 Å². The van der Waals surface area contributed by atoms with Gasteiger partial charge >= 0.3 is 6.01 Å². The summed E-state index contributed by atoms with van der Waals surface area (Å²) in [5.74, 6) is 2.28. The fraction of sp³-hybridized carbons (Fsp3) is 0.143. The topological polar surface area (TPSA) is 64.1 Å². The van der Waals surface area contributed by atoms with Crippen molar-refractivity contribution >= 4 is 6.01 Å². The Kier molecular flexibility index (Phi) is 3.02. The van der Waals surface area contributed by atoms with Crippen molar-refractivity contribution in [1.82, 2.24) is 10.1 Å². The van der Waals surface area contributed by atoms with Crippen molar-refractivity contribution in [1.29, 1.82) is 0 Å². The molecule has 1 aromatic carbocycles.